The Labute approximate surface area is 97.7 Å². The summed E-state index contributed by atoms with van der Waals surface area (Å²) >= 11 is 0. The van der Waals surface area contributed by atoms with E-state index < -0.39 is 0 Å². The zero-order valence-corrected chi connectivity index (χ0v) is 10.5. The normalized spacial score (nSPS) is 19.7. The van der Waals surface area contributed by atoms with Gasteiger partial charge in [-0.05, 0) is 18.8 Å². The summed E-state index contributed by atoms with van der Waals surface area (Å²) in [6, 6.07) is -0.312. The lowest BCUT2D eigenvalue weighted by Gasteiger charge is -2.25. The topological polar surface area (TPSA) is 41.9 Å². The maximum Gasteiger partial charge on any atom is 0.330 e. The average molecular weight is 226 g/mol. The van der Waals surface area contributed by atoms with Crippen LogP contribution in [-0.4, -0.2) is 44.5 Å². The monoisotopic (exact) mass is 226 g/mol. The minimum atomic E-state index is -0.312. The molecule has 1 saturated carbocycles. The molecule has 1 atom stereocenters. The zero-order valence-electron chi connectivity index (χ0n) is 10.5. The molecular weight excluding hydrogens is 204 g/mol. The minimum Gasteiger partial charge on any atom is -0.467 e. The van der Waals surface area contributed by atoms with E-state index in [1.54, 1.807) is 6.34 Å². The molecule has 92 valence electrons. The second kappa shape index (κ2) is 6.51. The number of ether oxygens (including phenoxy) is 1. The number of nitrogens with zero attached hydrogens (tertiary/aromatic N) is 2. The largest absolute Gasteiger partial charge is 0.467 e. The quantitative estimate of drug-likeness (QED) is 0.416. The van der Waals surface area contributed by atoms with Crippen molar-refractivity contribution in [3.05, 3.63) is 0 Å². The summed E-state index contributed by atoms with van der Waals surface area (Å²) in [6.45, 7) is 0. The predicted molar refractivity (Wildman–Crippen MR) is 64.6 cm³/mol. The van der Waals surface area contributed by atoms with Gasteiger partial charge >= 0.3 is 5.97 Å². The van der Waals surface area contributed by atoms with Crippen molar-refractivity contribution in [1.82, 2.24) is 4.90 Å². The Morgan fingerprint density at radius 1 is 1.38 bits per heavy atom. The Morgan fingerprint density at radius 3 is 2.50 bits per heavy atom. The third kappa shape index (κ3) is 3.83. The molecule has 1 rings (SSSR count). The molecule has 0 spiro atoms. The standard InChI is InChI=1S/C12H22N2O2/c1-14(2)9-13-11(12(15)16-3)10-7-5-4-6-8-10/h9-11H,4-8H2,1-3H3. The van der Waals surface area contributed by atoms with Gasteiger partial charge in [0.25, 0.3) is 0 Å². The first-order valence-electron chi connectivity index (χ1n) is 5.92. The van der Waals surface area contributed by atoms with Gasteiger partial charge in [-0.1, -0.05) is 19.3 Å². The van der Waals surface area contributed by atoms with Crippen LogP contribution in [-0.2, 0) is 9.53 Å². The van der Waals surface area contributed by atoms with Crippen LogP contribution in [0.4, 0.5) is 0 Å². The van der Waals surface area contributed by atoms with E-state index in [2.05, 4.69) is 4.99 Å². The molecule has 1 fully saturated rings. The lowest BCUT2D eigenvalue weighted by molar-refractivity contribution is -0.143. The highest BCUT2D eigenvalue weighted by Crippen LogP contribution is 2.28. The Balaban J connectivity index is 2.65. The molecular formula is C12H22N2O2. The molecule has 16 heavy (non-hydrogen) atoms. The lowest BCUT2D eigenvalue weighted by atomic mass is 9.84. The van der Waals surface area contributed by atoms with E-state index in [4.69, 9.17) is 4.74 Å². The highest BCUT2D eigenvalue weighted by molar-refractivity contribution is 5.78. The number of aliphatic imine (C=N–C) groups is 1. The average Bonchev–Trinajstić information content (AvgIpc) is 2.30. The second-order valence-electron chi connectivity index (χ2n) is 4.59. The molecule has 0 aromatic rings. The Bertz CT molecular complexity index is 245. The van der Waals surface area contributed by atoms with Gasteiger partial charge in [0.2, 0.25) is 0 Å². The molecule has 0 aliphatic heterocycles. The van der Waals surface area contributed by atoms with Crippen molar-refractivity contribution >= 4 is 12.3 Å². The van der Waals surface area contributed by atoms with Gasteiger partial charge in [0.05, 0.1) is 13.4 Å². The molecule has 0 heterocycles. The summed E-state index contributed by atoms with van der Waals surface area (Å²) in [5, 5.41) is 0. The number of carbonyl (C=O) groups excluding carboxylic acids is 1. The number of esters is 1. The van der Waals surface area contributed by atoms with Gasteiger partial charge in [0, 0.05) is 14.1 Å². The van der Waals surface area contributed by atoms with Crippen molar-refractivity contribution in [2.45, 2.75) is 38.1 Å². The summed E-state index contributed by atoms with van der Waals surface area (Å²) in [5.74, 6) is 0.155. The first kappa shape index (κ1) is 13.0. The van der Waals surface area contributed by atoms with Gasteiger partial charge in [-0.15, -0.1) is 0 Å². The molecule has 0 amide bonds. The van der Waals surface area contributed by atoms with Crippen molar-refractivity contribution in [3.8, 4) is 0 Å². The molecule has 0 aromatic heterocycles. The summed E-state index contributed by atoms with van der Waals surface area (Å²) < 4.78 is 4.83. The molecule has 1 aliphatic rings. The van der Waals surface area contributed by atoms with E-state index in [0.717, 1.165) is 12.8 Å². The fourth-order valence-electron chi connectivity index (χ4n) is 2.15. The third-order valence-electron chi connectivity index (χ3n) is 3.00. The van der Waals surface area contributed by atoms with Gasteiger partial charge in [0.1, 0.15) is 0 Å². The second-order valence-corrected chi connectivity index (χ2v) is 4.59. The number of rotatable bonds is 4. The smallest absolute Gasteiger partial charge is 0.330 e. The van der Waals surface area contributed by atoms with Gasteiger partial charge in [-0.3, -0.25) is 4.99 Å². The maximum atomic E-state index is 11.7. The highest BCUT2D eigenvalue weighted by Gasteiger charge is 2.29. The van der Waals surface area contributed by atoms with Gasteiger partial charge in [0.15, 0.2) is 6.04 Å². The fraction of sp³-hybridized carbons (Fsp3) is 0.833. The molecule has 1 unspecified atom stereocenters. The van der Waals surface area contributed by atoms with Crippen LogP contribution in [0.5, 0.6) is 0 Å². The van der Waals surface area contributed by atoms with E-state index in [1.807, 2.05) is 19.0 Å². The van der Waals surface area contributed by atoms with Crippen LogP contribution in [0.25, 0.3) is 0 Å². The summed E-state index contributed by atoms with van der Waals surface area (Å²) in [4.78, 5) is 17.9. The Kier molecular flexibility index (Phi) is 5.29. The molecule has 4 heteroatoms. The Morgan fingerprint density at radius 2 is 2.00 bits per heavy atom. The molecule has 0 saturated heterocycles. The van der Waals surface area contributed by atoms with Crippen LogP contribution in [0.2, 0.25) is 0 Å². The van der Waals surface area contributed by atoms with Gasteiger partial charge in [-0.2, -0.15) is 0 Å². The van der Waals surface area contributed by atoms with Crippen molar-refractivity contribution in [3.63, 3.8) is 0 Å². The highest BCUT2D eigenvalue weighted by atomic mass is 16.5. The zero-order chi connectivity index (χ0) is 12.0. The SMILES string of the molecule is COC(=O)C(N=CN(C)C)C1CCCCC1. The van der Waals surface area contributed by atoms with E-state index in [1.165, 1.54) is 26.4 Å². The molecule has 0 N–H and O–H groups in total. The van der Waals surface area contributed by atoms with E-state index in [0.29, 0.717) is 5.92 Å². The van der Waals surface area contributed by atoms with Crippen LogP contribution >= 0.6 is 0 Å². The van der Waals surface area contributed by atoms with Crippen LogP contribution in [0, 0.1) is 5.92 Å². The third-order valence-corrected chi connectivity index (χ3v) is 3.00. The number of hydrogen-bond donors (Lipinski definition) is 0. The minimum absolute atomic E-state index is 0.204. The summed E-state index contributed by atoms with van der Waals surface area (Å²) in [5.41, 5.74) is 0. The van der Waals surface area contributed by atoms with E-state index in [-0.39, 0.29) is 12.0 Å². The first-order valence-corrected chi connectivity index (χ1v) is 5.92. The van der Waals surface area contributed by atoms with Crippen LogP contribution in [0.1, 0.15) is 32.1 Å². The Hall–Kier alpha value is -1.06. The molecule has 0 aromatic carbocycles. The number of carbonyl (C=O) groups is 1. The van der Waals surface area contributed by atoms with Crippen LogP contribution in [0.3, 0.4) is 0 Å². The van der Waals surface area contributed by atoms with Crippen molar-refractivity contribution in [2.24, 2.45) is 10.9 Å². The molecule has 4 nitrogen and oxygen atoms in total. The molecule has 0 bridgehead atoms. The van der Waals surface area contributed by atoms with Crippen molar-refractivity contribution in [2.75, 3.05) is 21.2 Å². The number of hydrogen-bond acceptors (Lipinski definition) is 3. The van der Waals surface area contributed by atoms with Crippen LogP contribution < -0.4 is 0 Å². The van der Waals surface area contributed by atoms with Crippen molar-refractivity contribution < 1.29 is 9.53 Å². The predicted octanol–water partition coefficient (Wildman–Crippen LogP) is 1.70. The summed E-state index contributed by atoms with van der Waals surface area (Å²) in [6.07, 6.45) is 7.57. The van der Waals surface area contributed by atoms with Crippen LogP contribution in [0.15, 0.2) is 4.99 Å². The number of methoxy groups -OCH3 is 1. The first-order chi connectivity index (χ1) is 7.65. The van der Waals surface area contributed by atoms with E-state index in [9.17, 15) is 4.79 Å². The summed E-state index contributed by atoms with van der Waals surface area (Å²) in [7, 11) is 5.24. The molecule has 0 radical (unpaired) electrons. The lowest BCUT2D eigenvalue weighted by Crippen LogP contribution is -2.31. The maximum absolute atomic E-state index is 11.7. The van der Waals surface area contributed by atoms with E-state index >= 15 is 0 Å². The van der Waals surface area contributed by atoms with Gasteiger partial charge in [-0.25, -0.2) is 4.79 Å². The van der Waals surface area contributed by atoms with Gasteiger partial charge < -0.3 is 9.64 Å². The fourth-order valence-corrected chi connectivity index (χ4v) is 2.15. The van der Waals surface area contributed by atoms with Crippen molar-refractivity contribution in [1.29, 1.82) is 0 Å². The molecule has 1 aliphatic carbocycles.